The van der Waals surface area contributed by atoms with Crippen LogP contribution in [0.2, 0.25) is 10.0 Å². The lowest BCUT2D eigenvalue weighted by Gasteiger charge is -2.05. The molecule has 0 saturated heterocycles. The van der Waals surface area contributed by atoms with Crippen molar-refractivity contribution in [2.75, 3.05) is 0 Å². The van der Waals surface area contributed by atoms with Crippen molar-refractivity contribution in [3.05, 3.63) is 45.0 Å². The smallest absolute Gasteiger partial charge is 0.182 e. The van der Waals surface area contributed by atoms with Crippen molar-refractivity contribution >= 4 is 39.1 Å². The highest BCUT2D eigenvalue weighted by Gasteiger charge is 2.14. The quantitative estimate of drug-likeness (QED) is 0.730. The summed E-state index contributed by atoms with van der Waals surface area (Å²) in [6, 6.07) is 4.78. The molecule has 0 amide bonds. The number of benzene rings is 1. The van der Waals surface area contributed by atoms with Crippen LogP contribution in [0.3, 0.4) is 0 Å². The molecule has 0 bridgehead atoms. The topological polar surface area (TPSA) is 25.8 Å². The summed E-state index contributed by atoms with van der Waals surface area (Å²) in [7, 11) is 0. The molecule has 6 heteroatoms. The van der Waals surface area contributed by atoms with Gasteiger partial charge in [-0.2, -0.15) is 0 Å². The fourth-order valence-electron chi connectivity index (χ4n) is 1.22. The number of hydrogen-bond acceptors (Lipinski definition) is 2. The molecular formula is C10H4BrCl2FN2. The summed E-state index contributed by atoms with van der Waals surface area (Å²) in [6.45, 7) is 0. The first-order valence-electron chi connectivity index (χ1n) is 4.21. The molecule has 0 spiro atoms. The lowest BCUT2D eigenvalue weighted by Crippen LogP contribution is -1.93. The number of halogens is 4. The summed E-state index contributed by atoms with van der Waals surface area (Å²) in [6.07, 6.45) is 1.25. The molecule has 0 radical (unpaired) electrons. The van der Waals surface area contributed by atoms with Crippen LogP contribution in [0.1, 0.15) is 0 Å². The molecule has 0 aliphatic heterocycles. The molecule has 1 heterocycles. The molecule has 1 aromatic heterocycles. The van der Waals surface area contributed by atoms with Gasteiger partial charge in [0, 0.05) is 10.6 Å². The summed E-state index contributed by atoms with van der Waals surface area (Å²) in [5.41, 5.74) is 0.559. The van der Waals surface area contributed by atoms with Crippen molar-refractivity contribution in [2.45, 2.75) is 0 Å². The number of aromatic nitrogens is 2. The highest BCUT2D eigenvalue weighted by Crippen LogP contribution is 2.32. The van der Waals surface area contributed by atoms with Crippen LogP contribution in [-0.4, -0.2) is 9.97 Å². The van der Waals surface area contributed by atoms with E-state index in [0.29, 0.717) is 15.6 Å². The predicted molar refractivity (Wildman–Crippen MR) is 65.1 cm³/mol. The normalized spacial score (nSPS) is 10.5. The molecule has 0 aliphatic rings. The monoisotopic (exact) mass is 320 g/mol. The SMILES string of the molecule is Fc1c(Br)ncnc1-c1cc(Cl)ccc1Cl. The van der Waals surface area contributed by atoms with E-state index in [0.717, 1.165) is 0 Å². The Labute approximate surface area is 110 Å². The van der Waals surface area contributed by atoms with Crippen molar-refractivity contribution in [1.82, 2.24) is 9.97 Å². The van der Waals surface area contributed by atoms with Crippen LogP contribution in [0.25, 0.3) is 11.3 Å². The van der Waals surface area contributed by atoms with Gasteiger partial charge < -0.3 is 0 Å². The first kappa shape index (κ1) is 11.8. The minimum Gasteiger partial charge on any atom is -0.233 e. The molecule has 0 N–H and O–H groups in total. The fourth-order valence-corrected chi connectivity index (χ4v) is 1.87. The van der Waals surface area contributed by atoms with Crippen LogP contribution < -0.4 is 0 Å². The van der Waals surface area contributed by atoms with Gasteiger partial charge in [0.25, 0.3) is 0 Å². The Kier molecular flexibility index (Phi) is 3.42. The molecule has 0 unspecified atom stereocenters. The van der Waals surface area contributed by atoms with E-state index in [-0.39, 0.29) is 10.3 Å². The van der Waals surface area contributed by atoms with Gasteiger partial charge >= 0.3 is 0 Å². The molecule has 0 atom stereocenters. The lowest BCUT2D eigenvalue weighted by molar-refractivity contribution is 0.609. The maximum absolute atomic E-state index is 13.7. The van der Waals surface area contributed by atoms with Crippen molar-refractivity contribution < 1.29 is 4.39 Å². The van der Waals surface area contributed by atoms with E-state index in [4.69, 9.17) is 23.2 Å². The molecule has 2 rings (SSSR count). The van der Waals surface area contributed by atoms with Gasteiger partial charge in [0.15, 0.2) is 5.82 Å². The largest absolute Gasteiger partial charge is 0.233 e. The van der Waals surface area contributed by atoms with Crippen LogP contribution >= 0.6 is 39.1 Å². The van der Waals surface area contributed by atoms with E-state index in [1.54, 1.807) is 18.2 Å². The van der Waals surface area contributed by atoms with Crippen LogP contribution in [0, 0.1) is 5.82 Å². The van der Waals surface area contributed by atoms with Gasteiger partial charge in [0.05, 0.1) is 5.02 Å². The van der Waals surface area contributed by atoms with Crippen molar-refractivity contribution in [2.24, 2.45) is 0 Å². The lowest BCUT2D eigenvalue weighted by atomic mass is 10.1. The van der Waals surface area contributed by atoms with Gasteiger partial charge in [-0.1, -0.05) is 23.2 Å². The zero-order chi connectivity index (χ0) is 11.7. The Balaban J connectivity index is 2.67. The van der Waals surface area contributed by atoms with Gasteiger partial charge in [-0.3, -0.25) is 0 Å². The van der Waals surface area contributed by atoms with E-state index in [9.17, 15) is 4.39 Å². The van der Waals surface area contributed by atoms with Gasteiger partial charge in [0.2, 0.25) is 0 Å². The molecule has 16 heavy (non-hydrogen) atoms. The Hall–Kier alpha value is -0.710. The number of rotatable bonds is 1. The number of nitrogens with zero attached hydrogens (tertiary/aromatic N) is 2. The summed E-state index contributed by atoms with van der Waals surface area (Å²) >= 11 is 14.8. The predicted octanol–water partition coefficient (Wildman–Crippen LogP) is 4.35. The van der Waals surface area contributed by atoms with Crippen LogP contribution in [0.5, 0.6) is 0 Å². The van der Waals surface area contributed by atoms with Crippen molar-refractivity contribution in [3.8, 4) is 11.3 Å². The third kappa shape index (κ3) is 2.19. The minimum absolute atomic E-state index is 0.0912. The second-order valence-corrected chi connectivity index (χ2v) is 4.55. The van der Waals surface area contributed by atoms with Crippen molar-refractivity contribution in [3.63, 3.8) is 0 Å². The average Bonchev–Trinajstić information content (AvgIpc) is 2.26. The molecule has 0 fully saturated rings. The van der Waals surface area contributed by atoms with Gasteiger partial charge in [-0.05, 0) is 34.1 Å². The highest BCUT2D eigenvalue weighted by molar-refractivity contribution is 9.10. The molecular weight excluding hydrogens is 318 g/mol. The summed E-state index contributed by atoms with van der Waals surface area (Å²) in [5, 5.41) is 0.849. The summed E-state index contributed by atoms with van der Waals surface area (Å²) in [5.74, 6) is -0.563. The molecule has 2 nitrogen and oxygen atoms in total. The van der Waals surface area contributed by atoms with E-state index in [1.807, 2.05) is 0 Å². The summed E-state index contributed by atoms with van der Waals surface area (Å²) < 4.78 is 13.8. The van der Waals surface area contributed by atoms with Crippen LogP contribution in [0.15, 0.2) is 29.1 Å². The Morgan fingerprint density at radius 2 is 1.94 bits per heavy atom. The van der Waals surface area contributed by atoms with Crippen LogP contribution in [0.4, 0.5) is 4.39 Å². The highest BCUT2D eigenvalue weighted by atomic mass is 79.9. The zero-order valence-corrected chi connectivity index (χ0v) is 10.8. The Bertz CT molecular complexity index is 548. The first-order valence-corrected chi connectivity index (χ1v) is 5.76. The van der Waals surface area contributed by atoms with E-state index in [1.165, 1.54) is 6.33 Å². The molecule has 0 saturated carbocycles. The third-order valence-electron chi connectivity index (χ3n) is 1.93. The van der Waals surface area contributed by atoms with E-state index in [2.05, 4.69) is 25.9 Å². The summed E-state index contributed by atoms with van der Waals surface area (Å²) in [4.78, 5) is 7.52. The van der Waals surface area contributed by atoms with Gasteiger partial charge in [-0.25, -0.2) is 14.4 Å². The van der Waals surface area contributed by atoms with Gasteiger partial charge in [0.1, 0.15) is 16.6 Å². The Morgan fingerprint density at radius 3 is 2.69 bits per heavy atom. The maximum atomic E-state index is 13.7. The molecule has 1 aromatic carbocycles. The van der Waals surface area contributed by atoms with E-state index < -0.39 is 5.82 Å². The zero-order valence-electron chi connectivity index (χ0n) is 7.72. The fraction of sp³-hybridized carbons (Fsp3) is 0. The minimum atomic E-state index is -0.563. The Morgan fingerprint density at radius 1 is 1.19 bits per heavy atom. The average molecular weight is 322 g/mol. The third-order valence-corrected chi connectivity index (χ3v) is 3.05. The first-order chi connectivity index (χ1) is 7.59. The van der Waals surface area contributed by atoms with Gasteiger partial charge in [-0.15, -0.1) is 0 Å². The molecule has 2 aromatic rings. The molecule has 0 aliphatic carbocycles. The maximum Gasteiger partial charge on any atom is 0.182 e. The second kappa shape index (κ2) is 4.65. The van der Waals surface area contributed by atoms with Crippen LogP contribution in [-0.2, 0) is 0 Å². The van der Waals surface area contributed by atoms with E-state index >= 15 is 0 Å². The standard InChI is InChI=1S/C10H4BrCl2FN2/c11-10-8(14)9(15-4-16-10)6-3-5(12)1-2-7(6)13/h1-4H. The second-order valence-electron chi connectivity index (χ2n) is 2.95. The van der Waals surface area contributed by atoms with Crippen molar-refractivity contribution in [1.29, 1.82) is 0 Å². The number of hydrogen-bond donors (Lipinski definition) is 0. The molecule has 82 valence electrons.